The van der Waals surface area contributed by atoms with Crippen LogP contribution in [0.25, 0.3) is 10.9 Å². The number of para-hydroxylation sites is 2. The smallest absolute Gasteiger partial charge is 0.408 e. The van der Waals surface area contributed by atoms with Crippen LogP contribution in [0.4, 0.5) is 15.3 Å². The van der Waals surface area contributed by atoms with Gasteiger partial charge in [0.2, 0.25) is 17.7 Å². The lowest BCUT2D eigenvalue weighted by molar-refractivity contribution is -0.130. The number of nitrogens with zero attached hydrogens (tertiary/aromatic N) is 3. The Morgan fingerprint density at radius 2 is 1.64 bits per heavy atom. The van der Waals surface area contributed by atoms with Gasteiger partial charge in [-0.3, -0.25) is 24.7 Å². The average molecular weight is 756 g/mol. The van der Waals surface area contributed by atoms with Crippen LogP contribution in [-0.4, -0.2) is 82.3 Å². The predicted molar refractivity (Wildman–Crippen MR) is 208 cm³/mol. The maximum Gasteiger partial charge on any atom is 0.408 e. The Labute approximate surface area is 322 Å². The summed E-state index contributed by atoms with van der Waals surface area (Å²) in [5.41, 5.74) is 5.18. The van der Waals surface area contributed by atoms with E-state index in [1.54, 1.807) is 30.7 Å². The Hall–Kier alpha value is -7.03. The van der Waals surface area contributed by atoms with E-state index >= 15 is 0 Å². The molecule has 3 aromatic carbocycles. The number of fused-ring (bicyclic) bond motifs is 2. The predicted octanol–water partition coefficient (Wildman–Crippen LogP) is 3.75. The maximum absolute atomic E-state index is 14.4. The third-order valence-corrected chi connectivity index (χ3v) is 9.68. The van der Waals surface area contributed by atoms with Gasteiger partial charge in [0, 0.05) is 65.8 Å². The average Bonchev–Trinajstić information content (AvgIpc) is 3.92. The van der Waals surface area contributed by atoms with E-state index in [2.05, 4.69) is 41.7 Å². The van der Waals surface area contributed by atoms with Crippen LogP contribution in [0.1, 0.15) is 34.6 Å². The van der Waals surface area contributed by atoms with Crippen molar-refractivity contribution < 1.29 is 28.7 Å². The van der Waals surface area contributed by atoms with E-state index in [0.29, 0.717) is 18.5 Å². The normalized spacial score (nSPS) is 16.4. The molecular formula is C41H41N9O6. The fourth-order valence-corrected chi connectivity index (χ4v) is 6.88. The summed E-state index contributed by atoms with van der Waals surface area (Å²) in [4.78, 5) is 73.3. The molecule has 4 heterocycles. The number of aromatic nitrogens is 2. The third-order valence-electron chi connectivity index (χ3n) is 9.68. The minimum atomic E-state index is -1.12. The lowest BCUT2D eigenvalue weighted by atomic mass is 9.93. The van der Waals surface area contributed by atoms with E-state index in [1.165, 1.54) is 6.21 Å². The van der Waals surface area contributed by atoms with Crippen LogP contribution >= 0.6 is 0 Å². The molecule has 7 rings (SSSR count). The molecule has 4 unspecified atom stereocenters. The summed E-state index contributed by atoms with van der Waals surface area (Å²) in [7, 11) is 0. The molecule has 0 spiro atoms. The molecule has 0 bridgehead atoms. The summed E-state index contributed by atoms with van der Waals surface area (Å²) in [6, 6.07) is 24.7. The summed E-state index contributed by atoms with van der Waals surface area (Å²) in [6.07, 6.45) is 6.23. The minimum absolute atomic E-state index is 0.0506. The van der Waals surface area contributed by atoms with Crippen molar-refractivity contribution in [2.45, 2.75) is 49.9 Å². The zero-order chi connectivity index (χ0) is 38.9. The van der Waals surface area contributed by atoms with Gasteiger partial charge in [0.05, 0.1) is 6.04 Å². The van der Waals surface area contributed by atoms with Crippen LogP contribution in [0.15, 0.2) is 115 Å². The number of rotatable bonds is 15. The quantitative estimate of drug-likeness (QED) is 0.0686. The summed E-state index contributed by atoms with van der Waals surface area (Å²) < 4.78 is 5.48. The van der Waals surface area contributed by atoms with Crippen molar-refractivity contribution in [2.75, 3.05) is 18.4 Å². The molecule has 15 nitrogen and oxygen atoms in total. The number of aromatic amines is 1. The van der Waals surface area contributed by atoms with Gasteiger partial charge in [-0.05, 0) is 47.7 Å². The van der Waals surface area contributed by atoms with Crippen LogP contribution in [0, 0.1) is 0 Å². The Morgan fingerprint density at radius 3 is 2.45 bits per heavy atom. The molecule has 6 amide bonds. The van der Waals surface area contributed by atoms with Crippen LogP contribution in [0.2, 0.25) is 0 Å². The van der Waals surface area contributed by atoms with Crippen LogP contribution in [0.3, 0.4) is 0 Å². The Bertz CT molecular complexity index is 2230. The fourth-order valence-electron chi connectivity index (χ4n) is 6.88. The van der Waals surface area contributed by atoms with Gasteiger partial charge >= 0.3 is 12.1 Å². The summed E-state index contributed by atoms with van der Waals surface area (Å²) in [5.74, 6) is -1.71. The van der Waals surface area contributed by atoms with Crippen molar-refractivity contribution >= 4 is 52.7 Å². The van der Waals surface area contributed by atoms with Crippen LogP contribution < -0.4 is 26.6 Å². The number of alkyl carbamates (subject to hydrolysis) is 1. The molecule has 5 aromatic rings. The first-order valence-electron chi connectivity index (χ1n) is 18.3. The third kappa shape index (κ3) is 9.36. The van der Waals surface area contributed by atoms with E-state index < -0.39 is 48.0 Å². The first-order chi connectivity index (χ1) is 27.3. The van der Waals surface area contributed by atoms with Gasteiger partial charge in [-0.1, -0.05) is 72.8 Å². The van der Waals surface area contributed by atoms with Gasteiger partial charge < -0.3 is 31.0 Å². The van der Waals surface area contributed by atoms with Gasteiger partial charge in [-0.25, -0.2) is 14.6 Å². The molecule has 1 saturated heterocycles. The lowest BCUT2D eigenvalue weighted by Gasteiger charge is -2.26. The number of amides is 6. The number of benzene rings is 3. The number of hydrogen-bond acceptors (Lipinski definition) is 9. The number of anilines is 1. The molecule has 0 saturated carbocycles. The molecule has 4 atom stereocenters. The number of carbonyl (C=O) groups is 5. The summed E-state index contributed by atoms with van der Waals surface area (Å²) in [5, 5.41) is 20.3. The van der Waals surface area contributed by atoms with Crippen molar-refractivity contribution in [1.82, 2.24) is 36.2 Å². The second-order valence-electron chi connectivity index (χ2n) is 13.6. The number of carbonyl (C=O) groups excluding carboxylic acids is 5. The van der Waals surface area contributed by atoms with Gasteiger partial charge in [0.15, 0.2) is 0 Å². The number of H-pyrrole nitrogens is 1. The van der Waals surface area contributed by atoms with Crippen LogP contribution in [0.5, 0.6) is 0 Å². The highest BCUT2D eigenvalue weighted by molar-refractivity contribution is 6.02. The largest absolute Gasteiger partial charge is 0.445 e. The highest BCUT2D eigenvalue weighted by Gasteiger charge is 2.33. The minimum Gasteiger partial charge on any atom is -0.445 e. The first kappa shape index (κ1) is 37.3. The Morgan fingerprint density at radius 1 is 0.875 bits per heavy atom. The molecule has 2 aromatic heterocycles. The standard InChI is InChI=1S/C41H41N9O6/c51-37-24-50(40(54)49-37)45-23-30(17-26-9-2-1-3-10-26)46-38(52)35(18-28-21-43-33-14-6-4-12-31(28)33)47-39(53)36(19-29-22-44-34-15-7-5-13-32(29)34)48-41(55)56-25-27-11-8-16-42-20-27/h1-16,20-21,23,29-30,35-36,43-44H,17-19,22,24-25H2,(H,46,52)(H,47,53)(H,48,55)(H,49,51,54)/b45-23+. The molecule has 15 heteroatoms. The van der Waals surface area contributed by atoms with Crippen molar-refractivity contribution in [1.29, 1.82) is 0 Å². The van der Waals surface area contributed by atoms with Crippen molar-refractivity contribution in [3.8, 4) is 0 Å². The summed E-state index contributed by atoms with van der Waals surface area (Å²) in [6.45, 7) is 0.252. The van der Waals surface area contributed by atoms with E-state index in [-0.39, 0.29) is 31.9 Å². The van der Waals surface area contributed by atoms with E-state index in [1.807, 2.05) is 78.9 Å². The molecule has 286 valence electrons. The zero-order valence-corrected chi connectivity index (χ0v) is 30.3. The first-order valence-corrected chi connectivity index (χ1v) is 18.3. The fraction of sp³-hybridized carbons (Fsp3) is 0.244. The number of urea groups is 1. The highest BCUT2D eigenvalue weighted by Crippen LogP contribution is 2.34. The van der Waals surface area contributed by atoms with Crippen molar-refractivity contribution in [3.05, 3.63) is 132 Å². The molecule has 0 radical (unpaired) electrons. The van der Waals surface area contributed by atoms with Gasteiger partial charge in [0.25, 0.3) is 0 Å². The molecule has 2 aliphatic rings. The van der Waals surface area contributed by atoms with E-state index in [0.717, 1.165) is 38.3 Å². The second-order valence-corrected chi connectivity index (χ2v) is 13.6. The number of imide groups is 1. The van der Waals surface area contributed by atoms with Crippen molar-refractivity contribution in [3.63, 3.8) is 0 Å². The molecular weight excluding hydrogens is 715 g/mol. The highest BCUT2D eigenvalue weighted by atomic mass is 16.5. The van der Waals surface area contributed by atoms with E-state index in [4.69, 9.17) is 4.74 Å². The monoisotopic (exact) mass is 755 g/mol. The molecule has 6 N–H and O–H groups in total. The number of hydrogen-bond donors (Lipinski definition) is 6. The topological polar surface area (TPSA) is 199 Å². The number of hydrazone groups is 1. The van der Waals surface area contributed by atoms with Crippen molar-refractivity contribution in [2.24, 2.45) is 5.10 Å². The molecule has 0 aliphatic carbocycles. The Kier molecular flexibility index (Phi) is 11.6. The van der Waals surface area contributed by atoms with Gasteiger partial charge in [-0.15, -0.1) is 0 Å². The lowest BCUT2D eigenvalue weighted by Crippen LogP contribution is -2.56. The number of pyridine rings is 1. The number of nitrogens with one attached hydrogen (secondary N) is 6. The van der Waals surface area contributed by atoms with Crippen LogP contribution in [-0.2, 0) is 38.6 Å². The zero-order valence-electron chi connectivity index (χ0n) is 30.3. The summed E-state index contributed by atoms with van der Waals surface area (Å²) >= 11 is 0. The van der Waals surface area contributed by atoms with Gasteiger partial charge in [-0.2, -0.15) is 5.10 Å². The molecule has 1 fully saturated rings. The molecule has 56 heavy (non-hydrogen) atoms. The van der Waals surface area contributed by atoms with E-state index in [9.17, 15) is 24.0 Å². The SMILES string of the molecule is O=C1CN(/N=C/C(Cc2ccccc2)NC(=O)C(Cc2c[nH]c3ccccc23)NC(=O)C(CC2CNc3ccccc32)NC(=O)OCc2cccnc2)C(=O)N1. The maximum atomic E-state index is 14.4. The Balaban J connectivity index is 1.14. The van der Waals surface area contributed by atoms with Gasteiger partial charge in [0.1, 0.15) is 25.2 Å². The molecule has 2 aliphatic heterocycles. The second kappa shape index (κ2) is 17.4. The number of ether oxygens (including phenoxy) is 1.